The fraction of sp³-hybridized carbons (Fsp3) is 0.639. The Labute approximate surface area is 308 Å². The third-order valence-corrected chi connectivity index (χ3v) is 9.15. The van der Waals surface area contributed by atoms with E-state index in [4.69, 9.17) is 19.0 Å². The van der Waals surface area contributed by atoms with Crippen molar-refractivity contribution in [2.45, 2.75) is 116 Å². The smallest absolute Gasteiger partial charge is 0.480 e. The lowest BCUT2D eigenvalue weighted by Gasteiger charge is -2.38. The van der Waals surface area contributed by atoms with Crippen molar-refractivity contribution >= 4 is 41.9 Å². The van der Waals surface area contributed by atoms with Crippen LogP contribution in [0.1, 0.15) is 78.7 Å². The van der Waals surface area contributed by atoms with Crippen LogP contribution in [-0.2, 0) is 49.6 Å². The number of nitrogens with zero attached hydrogens (tertiary/aromatic N) is 3. The minimum Gasteiger partial charge on any atom is -0.480 e. The third kappa shape index (κ3) is 11.5. The van der Waals surface area contributed by atoms with Crippen molar-refractivity contribution < 1.29 is 57.7 Å². The maximum absolute atomic E-state index is 13.8. The summed E-state index contributed by atoms with van der Waals surface area (Å²) in [5.41, 5.74) is -0.0894. The molecule has 53 heavy (non-hydrogen) atoms. The van der Waals surface area contributed by atoms with Crippen LogP contribution in [0, 0.1) is 5.92 Å². The topological polar surface area (TPSA) is 210 Å². The first-order valence-corrected chi connectivity index (χ1v) is 18.0. The molecular formula is C36H51N5O12. The van der Waals surface area contributed by atoms with E-state index in [-0.39, 0.29) is 31.4 Å². The summed E-state index contributed by atoms with van der Waals surface area (Å²) in [4.78, 5) is 98.8. The molecule has 17 nitrogen and oxygen atoms in total. The van der Waals surface area contributed by atoms with Gasteiger partial charge in [-0.25, -0.2) is 19.2 Å². The van der Waals surface area contributed by atoms with Gasteiger partial charge in [-0.2, -0.15) is 0 Å². The fourth-order valence-electron chi connectivity index (χ4n) is 6.60. The highest BCUT2D eigenvalue weighted by Gasteiger charge is 2.44. The van der Waals surface area contributed by atoms with E-state index in [0.29, 0.717) is 50.8 Å². The van der Waals surface area contributed by atoms with Gasteiger partial charge < -0.3 is 44.6 Å². The van der Waals surface area contributed by atoms with Gasteiger partial charge in [-0.3, -0.25) is 14.4 Å². The Morgan fingerprint density at radius 2 is 1.58 bits per heavy atom. The van der Waals surface area contributed by atoms with Crippen molar-refractivity contribution in [3.8, 4) is 0 Å². The van der Waals surface area contributed by atoms with E-state index in [1.165, 1.54) is 21.8 Å². The molecule has 0 radical (unpaired) electrons. The van der Waals surface area contributed by atoms with Gasteiger partial charge in [0, 0.05) is 19.6 Å². The number of carbonyl (C=O) groups is 7. The predicted octanol–water partition coefficient (Wildman–Crippen LogP) is 2.36. The summed E-state index contributed by atoms with van der Waals surface area (Å²) in [6.07, 6.45) is 1.05. The van der Waals surface area contributed by atoms with E-state index in [0.717, 1.165) is 0 Å². The average Bonchev–Trinajstić information content (AvgIpc) is 3.73. The highest BCUT2D eigenvalue weighted by atomic mass is 16.8. The molecule has 292 valence electrons. The lowest BCUT2D eigenvalue weighted by molar-refractivity contribution is -0.172. The van der Waals surface area contributed by atoms with Crippen LogP contribution in [0.3, 0.4) is 0 Å². The molecular weight excluding hydrogens is 694 g/mol. The number of carboxylic acids is 1. The Balaban J connectivity index is 1.32. The number of likely N-dealkylation sites (tertiary alicyclic amines) is 2. The van der Waals surface area contributed by atoms with E-state index in [9.17, 15) is 38.7 Å². The van der Waals surface area contributed by atoms with Crippen molar-refractivity contribution in [3.63, 3.8) is 0 Å². The SMILES string of the molecule is C[C@@H]1C[C@@H](C(=O)OC[C@H](NC(=O)OCc2ccccc2)C(=O)O)N(C(=O)[C@H](C)NC(=O)[C@@H]2CCCCN2C(=O)[C@@H]2CCCN2OC(=O)OC(C)(C)C)C1. The van der Waals surface area contributed by atoms with Crippen LogP contribution in [0.4, 0.5) is 9.59 Å². The zero-order valence-corrected chi connectivity index (χ0v) is 30.9. The molecule has 0 spiro atoms. The summed E-state index contributed by atoms with van der Waals surface area (Å²) in [5, 5.41) is 15.8. The summed E-state index contributed by atoms with van der Waals surface area (Å²) in [7, 11) is 0. The largest absolute Gasteiger partial charge is 0.528 e. The number of alkyl carbamates (subject to hydrolysis) is 1. The van der Waals surface area contributed by atoms with Gasteiger partial charge in [0.05, 0.1) is 0 Å². The summed E-state index contributed by atoms with van der Waals surface area (Å²) in [6.45, 7) is 8.45. The van der Waals surface area contributed by atoms with Gasteiger partial charge in [0.1, 0.15) is 43.0 Å². The number of rotatable bonds is 12. The molecule has 6 atom stereocenters. The summed E-state index contributed by atoms with van der Waals surface area (Å²) < 4.78 is 15.6. The molecule has 3 N–H and O–H groups in total. The Bertz CT molecular complexity index is 1500. The van der Waals surface area contributed by atoms with Gasteiger partial charge in [-0.05, 0) is 77.7 Å². The Morgan fingerprint density at radius 1 is 0.887 bits per heavy atom. The molecule has 0 unspecified atom stereocenters. The number of carbonyl (C=O) groups excluding carboxylic acids is 6. The Hall–Kier alpha value is -4.93. The van der Waals surface area contributed by atoms with Gasteiger partial charge in [-0.1, -0.05) is 37.3 Å². The van der Waals surface area contributed by atoms with E-state index >= 15 is 0 Å². The molecule has 3 heterocycles. The van der Waals surface area contributed by atoms with Crippen molar-refractivity contribution in [1.82, 2.24) is 25.5 Å². The quantitative estimate of drug-likeness (QED) is 0.208. The van der Waals surface area contributed by atoms with Crippen LogP contribution in [0.25, 0.3) is 0 Å². The number of ether oxygens (including phenoxy) is 3. The van der Waals surface area contributed by atoms with E-state index < -0.39 is 78.4 Å². The monoisotopic (exact) mass is 745 g/mol. The molecule has 1 aromatic carbocycles. The molecule has 0 aliphatic carbocycles. The van der Waals surface area contributed by atoms with Crippen molar-refractivity contribution in [2.24, 2.45) is 5.92 Å². The molecule has 0 saturated carbocycles. The number of carboxylic acid groups (broad SMARTS) is 1. The number of esters is 1. The summed E-state index contributed by atoms with van der Waals surface area (Å²) in [6, 6.07) is 3.38. The Kier molecular flexibility index (Phi) is 14.0. The minimum absolute atomic E-state index is 0.0937. The lowest BCUT2D eigenvalue weighted by Crippen LogP contribution is -2.59. The minimum atomic E-state index is -1.61. The number of aliphatic carboxylic acids is 1. The summed E-state index contributed by atoms with van der Waals surface area (Å²) >= 11 is 0. The molecule has 3 aliphatic heterocycles. The Morgan fingerprint density at radius 3 is 2.26 bits per heavy atom. The van der Waals surface area contributed by atoms with Crippen molar-refractivity contribution in [2.75, 3.05) is 26.2 Å². The third-order valence-electron chi connectivity index (χ3n) is 9.15. The number of hydroxylamine groups is 2. The van der Waals surface area contributed by atoms with Crippen LogP contribution in [-0.4, -0.2) is 124 Å². The molecule has 4 amide bonds. The van der Waals surface area contributed by atoms with Crippen LogP contribution in [0.5, 0.6) is 0 Å². The second kappa shape index (κ2) is 18.2. The van der Waals surface area contributed by atoms with Crippen LogP contribution < -0.4 is 10.6 Å². The lowest BCUT2D eigenvalue weighted by atomic mass is 9.99. The van der Waals surface area contributed by atoms with E-state index in [1.807, 2.05) is 6.92 Å². The highest BCUT2D eigenvalue weighted by molar-refractivity contribution is 5.94. The van der Waals surface area contributed by atoms with Crippen LogP contribution >= 0.6 is 0 Å². The van der Waals surface area contributed by atoms with Crippen LogP contribution in [0.15, 0.2) is 30.3 Å². The fourth-order valence-corrected chi connectivity index (χ4v) is 6.60. The second-order valence-electron chi connectivity index (χ2n) is 14.7. The first-order valence-electron chi connectivity index (χ1n) is 18.0. The molecule has 4 rings (SSSR count). The molecule has 3 aliphatic rings. The standard InChI is InChI=1S/C36H51N5O12/c1-22-18-28(33(47)50-21-25(32(45)46)38-34(48)51-20-24-12-7-6-8-13-24)40(19-22)30(43)23(2)37-29(42)26-14-9-10-16-39(26)31(44)27-15-11-17-41(27)53-35(49)52-36(3,4)5/h6-8,12-13,22-23,25-28H,9-11,14-21H2,1-5H3,(H,37,42)(H,38,48)(H,45,46)/t22-,23+,25+,26+,27+,28+/m1/s1. The number of hydrogen-bond acceptors (Lipinski definition) is 12. The van der Waals surface area contributed by atoms with Crippen molar-refractivity contribution in [1.29, 1.82) is 0 Å². The van der Waals surface area contributed by atoms with Crippen LogP contribution in [0.2, 0.25) is 0 Å². The number of nitrogens with one attached hydrogen (secondary N) is 2. The molecule has 0 aromatic heterocycles. The molecule has 3 saturated heterocycles. The first-order chi connectivity index (χ1) is 25.0. The molecule has 3 fully saturated rings. The van der Waals surface area contributed by atoms with E-state index in [1.54, 1.807) is 51.1 Å². The highest BCUT2D eigenvalue weighted by Crippen LogP contribution is 2.27. The maximum atomic E-state index is 13.8. The zero-order valence-electron chi connectivity index (χ0n) is 30.9. The maximum Gasteiger partial charge on any atom is 0.528 e. The average molecular weight is 746 g/mol. The van der Waals surface area contributed by atoms with Gasteiger partial charge >= 0.3 is 24.2 Å². The molecule has 0 bridgehead atoms. The zero-order chi connectivity index (χ0) is 38.9. The summed E-state index contributed by atoms with van der Waals surface area (Å²) in [5.74, 6) is -3.86. The van der Waals surface area contributed by atoms with Gasteiger partial charge in [0.25, 0.3) is 0 Å². The molecule has 17 heteroatoms. The predicted molar refractivity (Wildman–Crippen MR) is 185 cm³/mol. The van der Waals surface area contributed by atoms with Gasteiger partial charge in [0.2, 0.25) is 17.7 Å². The first kappa shape index (κ1) is 40.8. The van der Waals surface area contributed by atoms with E-state index in [2.05, 4.69) is 10.6 Å². The number of amides is 4. The number of benzene rings is 1. The number of piperidine rings is 1. The van der Waals surface area contributed by atoms with Gasteiger partial charge in [-0.15, -0.1) is 5.06 Å². The van der Waals surface area contributed by atoms with Crippen molar-refractivity contribution in [3.05, 3.63) is 35.9 Å². The number of hydrogen-bond donors (Lipinski definition) is 3. The molecule has 1 aromatic rings. The van der Waals surface area contributed by atoms with Gasteiger partial charge in [0.15, 0.2) is 6.04 Å². The normalized spacial score (nSPS) is 23.0. The second-order valence-corrected chi connectivity index (χ2v) is 14.7.